The van der Waals surface area contributed by atoms with Crippen molar-refractivity contribution in [2.75, 3.05) is 0 Å². The average molecular weight is 497 g/mol. The lowest BCUT2D eigenvalue weighted by Crippen LogP contribution is -2.08. The van der Waals surface area contributed by atoms with Gasteiger partial charge in [0.1, 0.15) is 5.82 Å². The number of aromatic nitrogens is 2. The van der Waals surface area contributed by atoms with Crippen LogP contribution in [0.4, 0.5) is 0 Å². The second-order valence-corrected chi connectivity index (χ2v) is 10.7. The van der Waals surface area contributed by atoms with Gasteiger partial charge in [-0.2, -0.15) is 0 Å². The molecule has 0 radical (unpaired) electrons. The van der Waals surface area contributed by atoms with Crippen LogP contribution in [0.5, 0.6) is 0 Å². The number of imidazole rings is 1. The molecule has 1 saturated carbocycles. The number of nitrogens with zero attached hydrogens (tertiary/aromatic N) is 2. The van der Waals surface area contributed by atoms with Gasteiger partial charge in [0.25, 0.3) is 0 Å². The highest BCUT2D eigenvalue weighted by Crippen LogP contribution is 2.37. The Kier molecular flexibility index (Phi) is 7.22. The maximum absolute atomic E-state index is 5.19. The van der Waals surface area contributed by atoms with Crippen LogP contribution in [0.1, 0.15) is 73.0 Å². The standard InChI is InChI=1S/C36H36N2/c1-2-27-21-23-35-34(26-27)37-36(38(35)33-18-9-10-19-33)31-17-11-14-29(20-22-31)25-32(30-15-7-4-8-16-30)24-28-12-5-3-6-13-28/h2-8,12-17,20-23,26,32-33H,1,9-11,18-19,24-25H2. The van der Waals surface area contributed by atoms with E-state index < -0.39 is 0 Å². The summed E-state index contributed by atoms with van der Waals surface area (Å²) in [6.45, 7) is 3.96. The number of fused-ring (bicyclic) bond motifs is 1. The van der Waals surface area contributed by atoms with Gasteiger partial charge < -0.3 is 4.57 Å². The van der Waals surface area contributed by atoms with Crippen LogP contribution in [0.15, 0.2) is 115 Å². The van der Waals surface area contributed by atoms with Crippen molar-refractivity contribution in [2.24, 2.45) is 0 Å². The van der Waals surface area contributed by atoms with Crippen molar-refractivity contribution in [3.63, 3.8) is 0 Å². The van der Waals surface area contributed by atoms with E-state index in [1.165, 1.54) is 53.5 Å². The van der Waals surface area contributed by atoms with E-state index in [4.69, 9.17) is 4.98 Å². The first-order valence-electron chi connectivity index (χ1n) is 14.1. The van der Waals surface area contributed by atoms with Crippen LogP contribution in [0.2, 0.25) is 0 Å². The van der Waals surface area contributed by atoms with Gasteiger partial charge in [0.05, 0.1) is 11.0 Å². The second-order valence-electron chi connectivity index (χ2n) is 10.7. The minimum Gasteiger partial charge on any atom is -0.321 e. The van der Waals surface area contributed by atoms with Crippen molar-refractivity contribution in [2.45, 2.75) is 56.9 Å². The van der Waals surface area contributed by atoms with Gasteiger partial charge in [-0.1, -0.05) is 122 Å². The summed E-state index contributed by atoms with van der Waals surface area (Å²) in [5, 5.41) is 0. The highest BCUT2D eigenvalue weighted by molar-refractivity contribution is 5.84. The zero-order valence-electron chi connectivity index (χ0n) is 22.1. The molecule has 1 heterocycles. The van der Waals surface area contributed by atoms with Gasteiger partial charge in [0.2, 0.25) is 0 Å². The summed E-state index contributed by atoms with van der Waals surface area (Å²) in [5.74, 6) is 1.55. The van der Waals surface area contributed by atoms with Crippen LogP contribution in [0.25, 0.3) is 22.7 Å². The highest BCUT2D eigenvalue weighted by Gasteiger charge is 2.24. The minimum absolute atomic E-state index is 0.441. The maximum atomic E-state index is 5.19. The number of rotatable bonds is 8. The zero-order chi connectivity index (χ0) is 25.7. The number of benzene rings is 3. The molecule has 0 bridgehead atoms. The first-order valence-corrected chi connectivity index (χ1v) is 14.1. The average Bonchev–Trinajstić information content (AvgIpc) is 3.56. The summed E-state index contributed by atoms with van der Waals surface area (Å²) in [6, 6.07) is 29.0. The fourth-order valence-corrected chi connectivity index (χ4v) is 6.18. The van der Waals surface area contributed by atoms with E-state index >= 15 is 0 Å². The zero-order valence-corrected chi connectivity index (χ0v) is 22.1. The molecule has 1 atom stereocenters. The lowest BCUT2D eigenvalue weighted by molar-refractivity contribution is 0.527. The summed E-state index contributed by atoms with van der Waals surface area (Å²) in [6.07, 6.45) is 19.4. The van der Waals surface area contributed by atoms with Gasteiger partial charge in [0.15, 0.2) is 0 Å². The molecule has 1 unspecified atom stereocenters. The van der Waals surface area contributed by atoms with Crippen molar-refractivity contribution in [3.05, 3.63) is 138 Å². The second kappa shape index (κ2) is 11.2. The Morgan fingerprint density at radius 1 is 0.868 bits per heavy atom. The van der Waals surface area contributed by atoms with Crippen molar-refractivity contribution in [1.29, 1.82) is 0 Å². The predicted molar refractivity (Wildman–Crippen MR) is 161 cm³/mol. The van der Waals surface area contributed by atoms with Crippen LogP contribution in [0.3, 0.4) is 0 Å². The predicted octanol–water partition coefficient (Wildman–Crippen LogP) is 9.48. The molecule has 0 aliphatic heterocycles. The third-order valence-corrected chi connectivity index (χ3v) is 8.17. The number of hydrogen-bond donors (Lipinski definition) is 0. The smallest absolute Gasteiger partial charge is 0.141 e. The van der Waals surface area contributed by atoms with E-state index in [9.17, 15) is 0 Å². The molecule has 0 saturated heterocycles. The fourth-order valence-electron chi connectivity index (χ4n) is 6.18. The maximum Gasteiger partial charge on any atom is 0.141 e. The highest BCUT2D eigenvalue weighted by atomic mass is 15.1. The number of hydrogen-bond acceptors (Lipinski definition) is 1. The van der Waals surface area contributed by atoms with E-state index in [0.717, 1.165) is 36.2 Å². The molecule has 3 aromatic carbocycles. The summed E-state index contributed by atoms with van der Waals surface area (Å²) in [4.78, 5) is 5.19. The molecular weight excluding hydrogens is 460 g/mol. The Balaban J connectivity index is 1.29. The lowest BCUT2D eigenvalue weighted by atomic mass is 9.86. The molecule has 2 aliphatic carbocycles. The van der Waals surface area contributed by atoms with E-state index in [0.29, 0.717) is 12.0 Å². The Hall–Kier alpha value is -3.91. The van der Waals surface area contributed by atoms with E-state index in [1.54, 1.807) is 0 Å². The van der Waals surface area contributed by atoms with Crippen molar-refractivity contribution < 1.29 is 0 Å². The van der Waals surface area contributed by atoms with Crippen LogP contribution in [-0.4, -0.2) is 9.55 Å². The molecule has 1 fully saturated rings. The fraction of sp³-hybridized carbons (Fsp3) is 0.250. The molecule has 2 nitrogen and oxygen atoms in total. The van der Waals surface area contributed by atoms with Crippen molar-refractivity contribution in [1.82, 2.24) is 9.55 Å². The number of allylic oxidation sites excluding steroid dienone is 6. The Morgan fingerprint density at radius 3 is 2.39 bits per heavy atom. The molecule has 4 aromatic rings. The van der Waals surface area contributed by atoms with Crippen molar-refractivity contribution >= 4 is 22.7 Å². The molecule has 0 amide bonds. The molecule has 6 rings (SSSR count). The normalized spacial score (nSPS) is 16.7. The first-order chi connectivity index (χ1) is 18.8. The quantitative estimate of drug-likeness (QED) is 0.237. The van der Waals surface area contributed by atoms with E-state index in [-0.39, 0.29) is 0 Å². The summed E-state index contributed by atoms with van der Waals surface area (Å²) < 4.78 is 2.53. The SMILES string of the molecule is C=Cc1ccc2c(c1)nc(C1=CCC=C(CC(Cc3ccccc3)c3ccccc3)C=C1)n2C1CCCC1. The Labute approximate surface area is 226 Å². The van der Waals surface area contributed by atoms with Gasteiger partial charge in [0, 0.05) is 11.6 Å². The van der Waals surface area contributed by atoms with E-state index in [1.807, 2.05) is 6.08 Å². The molecule has 1 aromatic heterocycles. The summed E-state index contributed by atoms with van der Waals surface area (Å²) >= 11 is 0. The topological polar surface area (TPSA) is 17.8 Å². The van der Waals surface area contributed by atoms with Crippen LogP contribution in [0, 0.1) is 0 Å². The third-order valence-electron chi connectivity index (χ3n) is 8.17. The lowest BCUT2D eigenvalue weighted by Gasteiger charge is -2.18. The first kappa shape index (κ1) is 24.4. The minimum atomic E-state index is 0.441. The van der Waals surface area contributed by atoms with Crippen LogP contribution < -0.4 is 0 Å². The third kappa shape index (κ3) is 5.22. The molecule has 190 valence electrons. The summed E-state index contributed by atoms with van der Waals surface area (Å²) in [5.41, 5.74) is 8.88. The van der Waals surface area contributed by atoms with E-state index in [2.05, 4.69) is 114 Å². The van der Waals surface area contributed by atoms with Crippen LogP contribution >= 0.6 is 0 Å². The van der Waals surface area contributed by atoms with Gasteiger partial charge in [-0.15, -0.1) is 0 Å². The van der Waals surface area contributed by atoms with Crippen molar-refractivity contribution in [3.8, 4) is 0 Å². The van der Waals surface area contributed by atoms with Gasteiger partial charge in [-0.3, -0.25) is 0 Å². The van der Waals surface area contributed by atoms with Gasteiger partial charge in [-0.25, -0.2) is 4.98 Å². The Morgan fingerprint density at radius 2 is 1.63 bits per heavy atom. The van der Waals surface area contributed by atoms with Crippen LogP contribution in [-0.2, 0) is 6.42 Å². The molecule has 38 heavy (non-hydrogen) atoms. The molecule has 2 aliphatic rings. The van der Waals surface area contributed by atoms with Gasteiger partial charge >= 0.3 is 0 Å². The molecule has 2 heteroatoms. The molecule has 0 spiro atoms. The summed E-state index contributed by atoms with van der Waals surface area (Å²) in [7, 11) is 0. The van der Waals surface area contributed by atoms with Gasteiger partial charge in [-0.05, 0) is 66.8 Å². The monoisotopic (exact) mass is 496 g/mol. The Bertz CT molecular complexity index is 1500. The molecular formula is C36H36N2. The molecule has 0 N–H and O–H groups in total. The largest absolute Gasteiger partial charge is 0.321 e.